The molecule has 0 radical (unpaired) electrons. The maximum Gasteiger partial charge on any atom is 0.326 e. The van der Waals surface area contributed by atoms with Crippen LogP contribution in [0.4, 0.5) is 0 Å². The molecule has 2 aromatic rings. The van der Waals surface area contributed by atoms with Gasteiger partial charge in [-0.2, -0.15) is 0 Å². The third kappa shape index (κ3) is 5.96. The molecule has 0 saturated carbocycles. The van der Waals surface area contributed by atoms with Crippen LogP contribution in [0.25, 0.3) is 0 Å². The Balaban J connectivity index is 1.46. The lowest BCUT2D eigenvalue weighted by atomic mass is 10.1. The van der Waals surface area contributed by atoms with Crippen molar-refractivity contribution in [3.05, 3.63) is 76.9 Å². The Morgan fingerprint density at radius 1 is 0.941 bits per heavy atom. The number of carbonyl (C=O) groups is 4. The number of ether oxygens (including phenoxy) is 3. The van der Waals surface area contributed by atoms with Crippen LogP contribution in [0.15, 0.2) is 54.6 Å². The lowest BCUT2D eigenvalue weighted by Crippen LogP contribution is -2.36. The highest BCUT2D eigenvalue weighted by Gasteiger charge is 2.37. The molecule has 0 fully saturated rings. The first kappa shape index (κ1) is 24.9. The van der Waals surface area contributed by atoms with E-state index in [-0.39, 0.29) is 30.1 Å². The zero-order valence-electron chi connectivity index (χ0n) is 19.3. The Bertz CT molecular complexity index is 1100. The summed E-state index contributed by atoms with van der Waals surface area (Å²) in [6.45, 7) is 7.75. The van der Waals surface area contributed by atoms with Gasteiger partial charge in [0.15, 0.2) is 5.78 Å². The molecule has 8 nitrogen and oxygen atoms in total. The van der Waals surface area contributed by atoms with Crippen LogP contribution in [0.2, 0.25) is 0 Å². The van der Waals surface area contributed by atoms with Gasteiger partial charge in [-0.15, -0.1) is 0 Å². The number of nitrogens with zero attached hydrogens (tertiary/aromatic N) is 1. The first-order valence-electron chi connectivity index (χ1n) is 11.0. The van der Waals surface area contributed by atoms with E-state index < -0.39 is 24.3 Å². The molecule has 1 aliphatic rings. The van der Waals surface area contributed by atoms with E-state index in [1.165, 1.54) is 0 Å². The Hall–Kier alpha value is -3.78. The van der Waals surface area contributed by atoms with Crippen molar-refractivity contribution in [2.75, 3.05) is 26.4 Å². The predicted molar refractivity (Wildman–Crippen MR) is 124 cm³/mol. The summed E-state index contributed by atoms with van der Waals surface area (Å²) in [7, 11) is 0. The number of hydrogen-bond donors (Lipinski definition) is 0. The standard InChI is InChI=1S/C26H27NO7/c1-4-11-32-16-18-5-10-21-22(14-18)26(31)27(25(21)30)15-23(28)34-13-12-33-20-8-6-19(7-9-20)24(29)17(2)3/h5-10,14H,2,4,11-13,15-16H2,1,3H3. The van der Waals surface area contributed by atoms with Crippen molar-refractivity contribution in [3.8, 4) is 5.75 Å². The van der Waals surface area contributed by atoms with Crippen molar-refractivity contribution in [3.63, 3.8) is 0 Å². The molecule has 1 heterocycles. The third-order valence-corrected chi connectivity index (χ3v) is 5.06. The Kier molecular flexibility index (Phi) is 8.32. The van der Waals surface area contributed by atoms with Crippen LogP contribution in [-0.2, 0) is 20.9 Å². The van der Waals surface area contributed by atoms with E-state index in [2.05, 4.69) is 6.58 Å². The second kappa shape index (κ2) is 11.4. The number of carbonyl (C=O) groups excluding carboxylic acids is 4. The fraction of sp³-hybridized carbons (Fsp3) is 0.308. The number of ketones is 1. The molecule has 0 aromatic heterocycles. The van der Waals surface area contributed by atoms with E-state index in [0.29, 0.717) is 30.1 Å². The normalized spacial score (nSPS) is 12.5. The summed E-state index contributed by atoms with van der Waals surface area (Å²) in [4.78, 5) is 50.1. The molecule has 0 unspecified atom stereocenters. The number of rotatable bonds is 12. The highest BCUT2D eigenvalue weighted by molar-refractivity contribution is 6.22. The summed E-state index contributed by atoms with van der Waals surface area (Å²) in [5.41, 5.74) is 2.25. The number of amides is 2. The second-order valence-electron chi connectivity index (χ2n) is 7.83. The number of benzene rings is 2. The van der Waals surface area contributed by atoms with E-state index in [4.69, 9.17) is 14.2 Å². The monoisotopic (exact) mass is 465 g/mol. The van der Waals surface area contributed by atoms with Crippen LogP contribution in [0.1, 0.15) is 56.9 Å². The first-order valence-corrected chi connectivity index (χ1v) is 11.0. The highest BCUT2D eigenvalue weighted by atomic mass is 16.6. The van der Waals surface area contributed by atoms with Crippen molar-refractivity contribution in [2.24, 2.45) is 0 Å². The number of fused-ring (bicyclic) bond motifs is 1. The minimum atomic E-state index is -0.716. The number of allylic oxidation sites excluding steroid dienone is 1. The van der Waals surface area contributed by atoms with Gasteiger partial charge in [0, 0.05) is 12.2 Å². The molecule has 0 aliphatic carbocycles. The molecule has 0 saturated heterocycles. The minimum Gasteiger partial charge on any atom is -0.490 e. The Morgan fingerprint density at radius 3 is 2.32 bits per heavy atom. The van der Waals surface area contributed by atoms with Crippen molar-refractivity contribution in [2.45, 2.75) is 26.9 Å². The Morgan fingerprint density at radius 2 is 1.65 bits per heavy atom. The molecule has 8 heteroatoms. The zero-order valence-corrected chi connectivity index (χ0v) is 19.3. The topological polar surface area (TPSA) is 99.2 Å². The van der Waals surface area contributed by atoms with Crippen molar-refractivity contribution >= 4 is 23.6 Å². The van der Waals surface area contributed by atoms with E-state index >= 15 is 0 Å². The van der Waals surface area contributed by atoms with Gasteiger partial charge < -0.3 is 14.2 Å². The predicted octanol–water partition coefficient (Wildman–Crippen LogP) is 3.59. The average molecular weight is 466 g/mol. The van der Waals surface area contributed by atoms with Crippen LogP contribution >= 0.6 is 0 Å². The summed E-state index contributed by atoms with van der Waals surface area (Å²) in [6.07, 6.45) is 0.881. The molecule has 34 heavy (non-hydrogen) atoms. The maximum absolute atomic E-state index is 12.7. The van der Waals surface area contributed by atoms with Gasteiger partial charge in [-0.05, 0) is 60.9 Å². The molecular weight excluding hydrogens is 438 g/mol. The molecule has 0 bridgehead atoms. The molecule has 178 valence electrons. The SMILES string of the molecule is C=C(C)C(=O)c1ccc(OCCOC(=O)CN2C(=O)c3ccc(COCCC)cc3C2=O)cc1. The minimum absolute atomic E-state index is 0.0621. The van der Waals surface area contributed by atoms with Crippen LogP contribution < -0.4 is 4.74 Å². The summed E-state index contributed by atoms with van der Waals surface area (Å²) >= 11 is 0. The number of esters is 1. The third-order valence-electron chi connectivity index (χ3n) is 5.06. The van der Waals surface area contributed by atoms with E-state index in [9.17, 15) is 19.2 Å². The van der Waals surface area contributed by atoms with Gasteiger partial charge in [0.05, 0.1) is 17.7 Å². The molecule has 3 rings (SSSR count). The fourth-order valence-corrected chi connectivity index (χ4v) is 3.34. The van der Waals surface area contributed by atoms with Gasteiger partial charge >= 0.3 is 5.97 Å². The summed E-state index contributed by atoms with van der Waals surface area (Å²) in [5.74, 6) is -1.41. The quantitative estimate of drug-likeness (QED) is 0.155. The van der Waals surface area contributed by atoms with Crippen molar-refractivity contribution in [1.29, 1.82) is 0 Å². The maximum atomic E-state index is 12.7. The smallest absolute Gasteiger partial charge is 0.326 e. The van der Waals surface area contributed by atoms with Gasteiger partial charge in [0.2, 0.25) is 0 Å². The van der Waals surface area contributed by atoms with Crippen LogP contribution in [0.5, 0.6) is 5.75 Å². The average Bonchev–Trinajstić information content (AvgIpc) is 3.06. The molecule has 0 spiro atoms. The summed E-state index contributed by atoms with van der Waals surface area (Å²) < 4.78 is 16.1. The second-order valence-corrected chi connectivity index (χ2v) is 7.83. The van der Waals surface area contributed by atoms with Gasteiger partial charge in [0.25, 0.3) is 11.8 Å². The summed E-state index contributed by atoms with van der Waals surface area (Å²) in [5, 5.41) is 0. The van der Waals surface area contributed by atoms with Crippen LogP contribution in [0.3, 0.4) is 0 Å². The van der Waals surface area contributed by atoms with Crippen molar-refractivity contribution < 1.29 is 33.4 Å². The molecule has 0 atom stereocenters. The molecular formula is C26H27NO7. The van der Waals surface area contributed by atoms with Crippen LogP contribution in [-0.4, -0.2) is 54.8 Å². The number of Topliss-reactive ketones (excluding diaryl/α,β-unsaturated/α-hetero) is 1. The van der Waals surface area contributed by atoms with Gasteiger partial charge in [-0.1, -0.05) is 19.6 Å². The lowest BCUT2D eigenvalue weighted by Gasteiger charge is -2.13. The van der Waals surface area contributed by atoms with Gasteiger partial charge in [-0.25, -0.2) is 0 Å². The van der Waals surface area contributed by atoms with E-state index in [1.54, 1.807) is 49.4 Å². The summed E-state index contributed by atoms with van der Waals surface area (Å²) in [6, 6.07) is 11.5. The number of imide groups is 1. The molecule has 1 aliphatic heterocycles. The first-order chi connectivity index (χ1) is 16.3. The molecule has 2 amide bonds. The van der Waals surface area contributed by atoms with Gasteiger partial charge in [0.1, 0.15) is 25.5 Å². The number of hydrogen-bond acceptors (Lipinski definition) is 7. The molecule has 0 N–H and O–H groups in total. The van der Waals surface area contributed by atoms with E-state index in [1.807, 2.05) is 6.92 Å². The largest absolute Gasteiger partial charge is 0.490 e. The zero-order chi connectivity index (χ0) is 24.7. The Labute approximate surface area is 198 Å². The van der Waals surface area contributed by atoms with E-state index in [0.717, 1.165) is 16.9 Å². The van der Waals surface area contributed by atoms with Crippen molar-refractivity contribution in [1.82, 2.24) is 4.90 Å². The van der Waals surface area contributed by atoms with Crippen LogP contribution in [0, 0.1) is 0 Å². The van der Waals surface area contributed by atoms with Gasteiger partial charge in [-0.3, -0.25) is 24.1 Å². The fourth-order valence-electron chi connectivity index (χ4n) is 3.34. The highest BCUT2D eigenvalue weighted by Crippen LogP contribution is 2.24. The molecule has 2 aromatic carbocycles. The lowest BCUT2D eigenvalue weighted by molar-refractivity contribution is -0.144.